The van der Waals surface area contributed by atoms with E-state index in [9.17, 15) is 8.42 Å². The molecule has 0 amide bonds. The van der Waals surface area contributed by atoms with Gasteiger partial charge in [0.15, 0.2) is 0 Å². The predicted molar refractivity (Wildman–Crippen MR) is 79.8 cm³/mol. The molecule has 112 valence electrons. The normalized spacial score (nSPS) is 21.6. The van der Waals surface area contributed by atoms with Crippen LogP contribution in [0.2, 0.25) is 5.02 Å². The largest absolute Gasteiger partial charge is 0.377 e. The number of halogens is 2. The van der Waals surface area contributed by atoms with Crippen molar-refractivity contribution in [3.05, 3.63) is 28.8 Å². The molecule has 4 nitrogen and oxygen atoms in total. The molecule has 1 saturated heterocycles. The summed E-state index contributed by atoms with van der Waals surface area (Å²) in [6, 6.07) is 4.84. The fourth-order valence-electron chi connectivity index (χ4n) is 2.14. The molecule has 0 spiro atoms. The quantitative estimate of drug-likeness (QED) is 0.796. The smallest absolute Gasteiger partial charge is 0.244 e. The summed E-state index contributed by atoms with van der Waals surface area (Å²) in [5.74, 6) is 0.249. The van der Waals surface area contributed by atoms with Crippen LogP contribution in [0.4, 0.5) is 0 Å². The van der Waals surface area contributed by atoms with E-state index in [1.54, 1.807) is 18.2 Å². The molecule has 1 aromatic carbocycles. The highest BCUT2D eigenvalue weighted by atomic mass is 35.5. The number of alkyl halides is 1. The lowest BCUT2D eigenvalue weighted by Crippen LogP contribution is -2.36. The minimum atomic E-state index is -3.62. The van der Waals surface area contributed by atoms with Crippen molar-refractivity contribution in [3.63, 3.8) is 0 Å². The van der Waals surface area contributed by atoms with E-state index in [-0.39, 0.29) is 21.9 Å². The summed E-state index contributed by atoms with van der Waals surface area (Å²) in [6.07, 6.45) is 0.554. The number of rotatable bonds is 3. The van der Waals surface area contributed by atoms with E-state index in [0.717, 1.165) is 5.56 Å². The van der Waals surface area contributed by atoms with Gasteiger partial charge in [0, 0.05) is 25.6 Å². The zero-order chi connectivity index (χ0) is 14.8. The lowest BCUT2D eigenvalue weighted by Gasteiger charge is -2.22. The first-order chi connectivity index (χ1) is 9.45. The fourth-order valence-corrected chi connectivity index (χ4v) is 4.39. The third-order valence-corrected chi connectivity index (χ3v) is 5.84. The maximum atomic E-state index is 12.7. The molecule has 0 N–H and O–H groups in total. The topological polar surface area (TPSA) is 46.6 Å². The van der Waals surface area contributed by atoms with E-state index in [4.69, 9.17) is 27.9 Å². The van der Waals surface area contributed by atoms with E-state index in [1.165, 1.54) is 4.31 Å². The molecule has 0 saturated carbocycles. The first-order valence-corrected chi connectivity index (χ1v) is 8.76. The van der Waals surface area contributed by atoms with E-state index in [0.29, 0.717) is 26.1 Å². The van der Waals surface area contributed by atoms with Gasteiger partial charge >= 0.3 is 0 Å². The Labute approximate surface area is 129 Å². The third-order valence-electron chi connectivity index (χ3n) is 3.18. The third kappa shape index (κ3) is 3.46. The van der Waals surface area contributed by atoms with Crippen molar-refractivity contribution in [2.75, 3.05) is 19.7 Å². The van der Waals surface area contributed by atoms with Crippen molar-refractivity contribution < 1.29 is 13.2 Å². The van der Waals surface area contributed by atoms with Crippen LogP contribution in [0.1, 0.15) is 18.9 Å². The standard InChI is InChI=1S/C13H17Cl2NO3S/c1-10-9-16(5-2-6-19-10)20(17,18)13-7-11(8-14)3-4-12(13)15/h3-4,7,10H,2,5-6,8-9H2,1H3. The maximum absolute atomic E-state index is 12.7. The highest BCUT2D eigenvalue weighted by molar-refractivity contribution is 7.89. The molecule has 0 bridgehead atoms. The van der Waals surface area contributed by atoms with Gasteiger partial charge in [0.2, 0.25) is 10.0 Å². The molecular formula is C13H17Cl2NO3S. The van der Waals surface area contributed by atoms with Gasteiger partial charge in [-0.15, -0.1) is 11.6 Å². The van der Waals surface area contributed by atoms with Crippen LogP contribution >= 0.6 is 23.2 Å². The van der Waals surface area contributed by atoms with Gasteiger partial charge in [0.05, 0.1) is 11.1 Å². The van der Waals surface area contributed by atoms with Crippen LogP contribution in [0, 0.1) is 0 Å². The summed E-state index contributed by atoms with van der Waals surface area (Å²) in [5.41, 5.74) is 0.730. The number of benzene rings is 1. The molecule has 20 heavy (non-hydrogen) atoms. The lowest BCUT2D eigenvalue weighted by atomic mass is 10.2. The predicted octanol–water partition coefficient (Wildman–Crippen LogP) is 2.88. The Hall–Kier alpha value is -0.330. The van der Waals surface area contributed by atoms with Crippen LogP contribution in [0.15, 0.2) is 23.1 Å². The SMILES string of the molecule is CC1CN(S(=O)(=O)c2cc(CCl)ccc2Cl)CCCO1. The second kappa shape index (κ2) is 6.62. The second-order valence-corrected chi connectivity index (χ2v) is 7.38. The number of sulfonamides is 1. The van der Waals surface area contributed by atoms with Gasteiger partial charge in [-0.2, -0.15) is 4.31 Å². The molecule has 2 rings (SSSR count). The van der Waals surface area contributed by atoms with Gasteiger partial charge in [-0.05, 0) is 31.0 Å². The van der Waals surface area contributed by atoms with Crippen molar-refractivity contribution in [1.82, 2.24) is 4.31 Å². The molecule has 7 heteroatoms. The minimum absolute atomic E-state index is 0.117. The Morgan fingerprint density at radius 2 is 2.20 bits per heavy atom. The van der Waals surface area contributed by atoms with Crippen LogP contribution in [-0.4, -0.2) is 38.5 Å². The average Bonchev–Trinajstić information content (AvgIpc) is 2.64. The van der Waals surface area contributed by atoms with Crippen LogP contribution in [0.25, 0.3) is 0 Å². The van der Waals surface area contributed by atoms with Crippen LogP contribution in [-0.2, 0) is 20.6 Å². The van der Waals surface area contributed by atoms with Gasteiger partial charge in [-0.25, -0.2) is 8.42 Å². The van der Waals surface area contributed by atoms with Gasteiger partial charge < -0.3 is 4.74 Å². The van der Waals surface area contributed by atoms with E-state index in [2.05, 4.69) is 0 Å². The summed E-state index contributed by atoms with van der Waals surface area (Å²) in [6.45, 7) is 3.21. The first-order valence-electron chi connectivity index (χ1n) is 6.41. The molecule has 1 unspecified atom stereocenters. The number of hydrogen-bond donors (Lipinski definition) is 0. The van der Waals surface area contributed by atoms with Crippen molar-refractivity contribution in [2.45, 2.75) is 30.2 Å². The molecule has 1 atom stereocenters. The fraction of sp³-hybridized carbons (Fsp3) is 0.538. The molecule has 1 heterocycles. The molecule has 0 radical (unpaired) electrons. The molecular weight excluding hydrogens is 321 g/mol. The Morgan fingerprint density at radius 3 is 2.90 bits per heavy atom. The van der Waals surface area contributed by atoms with Crippen LogP contribution < -0.4 is 0 Å². The van der Waals surface area contributed by atoms with Gasteiger partial charge in [0.1, 0.15) is 4.90 Å². The van der Waals surface area contributed by atoms with Crippen molar-refractivity contribution in [1.29, 1.82) is 0 Å². The number of ether oxygens (including phenoxy) is 1. The van der Waals surface area contributed by atoms with Gasteiger partial charge in [0.25, 0.3) is 0 Å². The minimum Gasteiger partial charge on any atom is -0.377 e. The number of nitrogens with zero attached hydrogens (tertiary/aromatic N) is 1. The molecule has 1 aromatic rings. The Morgan fingerprint density at radius 1 is 1.45 bits per heavy atom. The molecule has 1 aliphatic rings. The summed E-state index contributed by atoms with van der Waals surface area (Å²) in [4.78, 5) is 0.117. The Balaban J connectivity index is 2.38. The molecule has 0 aliphatic carbocycles. The Bertz CT molecular complexity index is 577. The summed E-state index contributed by atoms with van der Waals surface area (Å²) in [5, 5.41) is 0.219. The van der Waals surface area contributed by atoms with Crippen molar-refractivity contribution in [3.8, 4) is 0 Å². The monoisotopic (exact) mass is 337 g/mol. The summed E-state index contributed by atoms with van der Waals surface area (Å²) >= 11 is 11.8. The summed E-state index contributed by atoms with van der Waals surface area (Å²) in [7, 11) is -3.62. The second-order valence-electron chi connectivity index (χ2n) is 4.80. The van der Waals surface area contributed by atoms with Crippen LogP contribution in [0.5, 0.6) is 0 Å². The zero-order valence-corrected chi connectivity index (χ0v) is 13.5. The summed E-state index contributed by atoms with van der Waals surface area (Å²) < 4.78 is 32.3. The zero-order valence-electron chi connectivity index (χ0n) is 11.2. The Kier molecular flexibility index (Phi) is 5.31. The molecule has 0 aromatic heterocycles. The van der Waals surface area contributed by atoms with Crippen molar-refractivity contribution >= 4 is 33.2 Å². The highest BCUT2D eigenvalue weighted by Gasteiger charge is 2.29. The lowest BCUT2D eigenvalue weighted by molar-refractivity contribution is 0.0752. The van der Waals surface area contributed by atoms with Gasteiger partial charge in [-0.1, -0.05) is 17.7 Å². The maximum Gasteiger partial charge on any atom is 0.244 e. The average molecular weight is 338 g/mol. The molecule has 1 aliphatic heterocycles. The van der Waals surface area contributed by atoms with Crippen LogP contribution in [0.3, 0.4) is 0 Å². The highest BCUT2D eigenvalue weighted by Crippen LogP contribution is 2.27. The van der Waals surface area contributed by atoms with E-state index < -0.39 is 10.0 Å². The van der Waals surface area contributed by atoms with E-state index in [1.807, 2.05) is 6.92 Å². The molecule has 1 fully saturated rings. The van der Waals surface area contributed by atoms with Gasteiger partial charge in [-0.3, -0.25) is 0 Å². The number of hydrogen-bond acceptors (Lipinski definition) is 3. The van der Waals surface area contributed by atoms with E-state index >= 15 is 0 Å². The first kappa shape index (κ1) is 16.0. The van der Waals surface area contributed by atoms with Crippen molar-refractivity contribution in [2.24, 2.45) is 0 Å².